The maximum absolute atomic E-state index is 12.8. The van der Waals surface area contributed by atoms with Crippen LogP contribution in [0.4, 0.5) is 4.79 Å². The van der Waals surface area contributed by atoms with Gasteiger partial charge in [0.15, 0.2) is 0 Å². The lowest BCUT2D eigenvalue weighted by Crippen LogP contribution is -2.38. The minimum absolute atomic E-state index is 0.0177. The highest BCUT2D eigenvalue weighted by Crippen LogP contribution is 2.22. The second kappa shape index (κ2) is 13.5. The molecule has 0 radical (unpaired) electrons. The Kier molecular flexibility index (Phi) is 11.4. The number of amides is 3. The summed E-state index contributed by atoms with van der Waals surface area (Å²) in [7, 11) is 0. The Morgan fingerprint density at radius 2 is 1.48 bits per heavy atom. The molecule has 1 atom stereocenters. The van der Waals surface area contributed by atoms with E-state index in [1.807, 2.05) is 0 Å². The van der Waals surface area contributed by atoms with Crippen molar-refractivity contribution in [3.8, 4) is 0 Å². The van der Waals surface area contributed by atoms with E-state index in [2.05, 4.69) is 20.1 Å². The maximum atomic E-state index is 12.8. The van der Waals surface area contributed by atoms with Gasteiger partial charge in [-0.2, -0.15) is 0 Å². The highest BCUT2D eigenvalue weighted by Gasteiger charge is 2.44. The molecular formula is C21H32N2O6. The van der Waals surface area contributed by atoms with Crippen LogP contribution in [0.15, 0.2) is 25.3 Å². The van der Waals surface area contributed by atoms with Crippen molar-refractivity contribution in [2.45, 2.75) is 57.9 Å². The molecule has 0 aromatic carbocycles. The molecule has 1 fully saturated rings. The van der Waals surface area contributed by atoms with E-state index in [0.29, 0.717) is 6.42 Å². The van der Waals surface area contributed by atoms with Crippen molar-refractivity contribution in [3.63, 3.8) is 0 Å². The maximum Gasteiger partial charge on any atom is 0.330 e. The molecule has 0 bridgehead atoms. The molecule has 1 saturated heterocycles. The Bertz CT molecular complexity index is 604. The van der Waals surface area contributed by atoms with Gasteiger partial charge in [0, 0.05) is 12.2 Å². The zero-order valence-corrected chi connectivity index (χ0v) is 17.3. The average molecular weight is 408 g/mol. The summed E-state index contributed by atoms with van der Waals surface area (Å²) in [5, 5.41) is 0. The molecule has 8 nitrogen and oxygen atoms in total. The van der Waals surface area contributed by atoms with Crippen LogP contribution in [-0.2, 0) is 23.9 Å². The van der Waals surface area contributed by atoms with Gasteiger partial charge in [-0.25, -0.2) is 14.4 Å². The summed E-state index contributed by atoms with van der Waals surface area (Å²) >= 11 is 0. The number of nitrogens with zero attached hydrogens (tertiary/aromatic N) is 2. The number of hydrogen-bond donors (Lipinski definition) is 0. The van der Waals surface area contributed by atoms with Gasteiger partial charge in [0.1, 0.15) is 19.3 Å². The number of hydrogen-bond acceptors (Lipinski definition) is 6. The second-order valence-corrected chi connectivity index (χ2v) is 6.78. The van der Waals surface area contributed by atoms with Crippen molar-refractivity contribution >= 4 is 23.9 Å². The third kappa shape index (κ3) is 8.09. The van der Waals surface area contributed by atoms with Crippen LogP contribution in [0.1, 0.15) is 51.9 Å². The zero-order chi connectivity index (χ0) is 21.6. The Morgan fingerprint density at radius 3 is 2.07 bits per heavy atom. The average Bonchev–Trinajstić information content (AvgIpc) is 2.94. The molecule has 1 aliphatic rings. The SMILES string of the molecule is C=CC(=O)OCCN1C(=O)C(CCCCCCCC)N(CCOC(=O)C=C)C1=O. The summed E-state index contributed by atoms with van der Waals surface area (Å²) in [6, 6.07) is -1.05. The van der Waals surface area contributed by atoms with E-state index in [4.69, 9.17) is 9.47 Å². The van der Waals surface area contributed by atoms with E-state index in [-0.39, 0.29) is 32.2 Å². The lowest BCUT2D eigenvalue weighted by Gasteiger charge is -2.21. The van der Waals surface area contributed by atoms with Crippen LogP contribution in [0, 0.1) is 0 Å². The van der Waals surface area contributed by atoms with E-state index in [9.17, 15) is 19.2 Å². The minimum Gasteiger partial charge on any atom is -0.461 e. The molecule has 0 N–H and O–H groups in total. The highest BCUT2D eigenvalue weighted by atomic mass is 16.5. The first-order chi connectivity index (χ1) is 14.0. The van der Waals surface area contributed by atoms with Crippen LogP contribution in [0.25, 0.3) is 0 Å². The predicted octanol–water partition coefficient (Wildman–Crippen LogP) is 2.83. The first-order valence-corrected chi connectivity index (χ1v) is 10.2. The summed E-state index contributed by atoms with van der Waals surface area (Å²) in [6.07, 6.45) is 9.06. The van der Waals surface area contributed by atoms with Gasteiger partial charge in [0.05, 0.1) is 13.1 Å². The van der Waals surface area contributed by atoms with E-state index in [1.165, 1.54) is 11.3 Å². The Morgan fingerprint density at radius 1 is 0.931 bits per heavy atom. The second-order valence-electron chi connectivity index (χ2n) is 6.78. The number of unbranched alkanes of at least 4 members (excludes halogenated alkanes) is 5. The molecule has 3 amide bonds. The summed E-state index contributed by atoms with van der Waals surface area (Å²) in [4.78, 5) is 50.4. The molecule has 1 rings (SSSR count). The lowest BCUT2D eigenvalue weighted by molar-refractivity contribution is -0.140. The number of esters is 2. The van der Waals surface area contributed by atoms with Crippen LogP contribution in [0.3, 0.4) is 0 Å². The first kappa shape index (κ1) is 24.4. The molecule has 0 aromatic rings. The van der Waals surface area contributed by atoms with Gasteiger partial charge in [-0.3, -0.25) is 9.69 Å². The van der Waals surface area contributed by atoms with Gasteiger partial charge >= 0.3 is 18.0 Å². The van der Waals surface area contributed by atoms with Gasteiger partial charge in [-0.1, -0.05) is 58.6 Å². The fourth-order valence-corrected chi connectivity index (χ4v) is 3.15. The Balaban J connectivity index is 2.66. The molecule has 0 spiro atoms. The van der Waals surface area contributed by atoms with Crippen molar-refractivity contribution in [1.82, 2.24) is 9.80 Å². The monoisotopic (exact) mass is 408 g/mol. The summed E-state index contributed by atoms with van der Waals surface area (Å²) in [5.41, 5.74) is 0. The van der Waals surface area contributed by atoms with Crippen LogP contribution in [0.5, 0.6) is 0 Å². The summed E-state index contributed by atoms with van der Waals surface area (Å²) in [5.74, 6) is -1.50. The van der Waals surface area contributed by atoms with Crippen molar-refractivity contribution < 1.29 is 28.7 Å². The number of carbonyl (C=O) groups excluding carboxylic acids is 4. The molecule has 29 heavy (non-hydrogen) atoms. The Labute approximate surface area is 172 Å². The summed E-state index contributed by atoms with van der Waals surface area (Å²) < 4.78 is 9.84. The molecule has 1 heterocycles. The van der Waals surface area contributed by atoms with Crippen LogP contribution >= 0.6 is 0 Å². The van der Waals surface area contributed by atoms with Gasteiger partial charge in [0.2, 0.25) is 0 Å². The number of carbonyl (C=O) groups is 4. The van der Waals surface area contributed by atoms with Crippen LogP contribution < -0.4 is 0 Å². The van der Waals surface area contributed by atoms with Crippen molar-refractivity contribution in [2.24, 2.45) is 0 Å². The van der Waals surface area contributed by atoms with Crippen LogP contribution in [-0.4, -0.2) is 66.0 Å². The first-order valence-electron chi connectivity index (χ1n) is 10.2. The molecule has 1 aliphatic heterocycles. The topological polar surface area (TPSA) is 93.2 Å². The largest absolute Gasteiger partial charge is 0.461 e. The molecular weight excluding hydrogens is 376 g/mol. The number of ether oxygens (including phenoxy) is 2. The van der Waals surface area contributed by atoms with Gasteiger partial charge in [-0.15, -0.1) is 0 Å². The number of rotatable bonds is 15. The molecule has 0 aromatic heterocycles. The molecule has 1 unspecified atom stereocenters. The fraction of sp³-hybridized carbons (Fsp3) is 0.619. The van der Waals surface area contributed by atoms with Crippen molar-refractivity contribution in [2.75, 3.05) is 26.3 Å². The molecule has 162 valence electrons. The minimum atomic E-state index is -0.610. The van der Waals surface area contributed by atoms with Crippen molar-refractivity contribution in [1.29, 1.82) is 0 Å². The third-order valence-electron chi connectivity index (χ3n) is 4.70. The number of urea groups is 1. The molecule has 0 saturated carbocycles. The quantitative estimate of drug-likeness (QED) is 0.179. The van der Waals surface area contributed by atoms with E-state index >= 15 is 0 Å². The standard InChI is InChI=1S/C21H32N2O6/c1-4-7-8-9-10-11-12-17-20(26)23(14-16-29-19(25)6-3)21(27)22(17)13-15-28-18(24)5-2/h5-6,17H,2-4,7-16H2,1H3. The van der Waals surface area contributed by atoms with Gasteiger partial charge in [-0.05, 0) is 6.42 Å². The zero-order valence-electron chi connectivity index (χ0n) is 17.3. The Hall–Kier alpha value is -2.64. The third-order valence-corrected chi connectivity index (χ3v) is 4.70. The fourth-order valence-electron chi connectivity index (χ4n) is 3.15. The van der Waals surface area contributed by atoms with Gasteiger partial charge < -0.3 is 14.4 Å². The normalized spacial score (nSPS) is 16.1. The van der Waals surface area contributed by atoms with E-state index < -0.39 is 24.0 Å². The summed E-state index contributed by atoms with van der Waals surface area (Å²) in [6.45, 7) is 8.77. The molecule has 8 heteroatoms. The van der Waals surface area contributed by atoms with Crippen LogP contribution in [0.2, 0.25) is 0 Å². The van der Waals surface area contributed by atoms with Gasteiger partial charge in [0.25, 0.3) is 5.91 Å². The van der Waals surface area contributed by atoms with E-state index in [0.717, 1.165) is 49.2 Å². The smallest absolute Gasteiger partial charge is 0.330 e. The highest BCUT2D eigenvalue weighted by molar-refractivity contribution is 6.04. The van der Waals surface area contributed by atoms with E-state index in [1.54, 1.807) is 0 Å². The van der Waals surface area contributed by atoms with Crippen molar-refractivity contribution in [3.05, 3.63) is 25.3 Å². The number of imide groups is 1. The molecule has 0 aliphatic carbocycles. The lowest BCUT2D eigenvalue weighted by atomic mass is 10.0. The predicted molar refractivity (Wildman–Crippen MR) is 108 cm³/mol.